The highest BCUT2D eigenvalue weighted by atomic mass is 16.6. The van der Waals surface area contributed by atoms with E-state index in [0.717, 1.165) is 0 Å². The van der Waals surface area contributed by atoms with E-state index in [1.54, 1.807) is 0 Å². The summed E-state index contributed by atoms with van der Waals surface area (Å²) in [6.07, 6.45) is 4.38. The molecule has 2 rings (SSSR count). The molecule has 1 atom stereocenters. The van der Waals surface area contributed by atoms with Gasteiger partial charge in [0.05, 0.1) is 17.6 Å². The summed E-state index contributed by atoms with van der Waals surface area (Å²) in [7, 11) is 0. The Kier molecular flexibility index (Phi) is 3.86. The standard InChI is InChI=1S/C12H20N4O3/c1-12(2,9-3-4-9)13-6-11(17)8-15-7-10(5-14-15)16(18)19/h5,7,9,11,13,17H,3-4,6,8H2,1-2H3. The van der Waals surface area contributed by atoms with Gasteiger partial charge in [-0.15, -0.1) is 0 Å². The van der Waals surface area contributed by atoms with E-state index in [0.29, 0.717) is 12.5 Å². The molecular formula is C12H20N4O3. The summed E-state index contributed by atoms with van der Waals surface area (Å²) in [5, 5.41) is 27.6. The van der Waals surface area contributed by atoms with Gasteiger partial charge in [0.2, 0.25) is 0 Å². The number of rotatable bonds is 7. The van der Waals surface area contributed by atoms with Crippen LogP contribution in [-0.4, -0.2) is 38.0 Å². The van der Waals surface area contributed by atoms with Crippen molar-refractivity contribution in [2.75, 3.05) is 6.54 Å². The largest absolute Gasteiger partial charge is 0.390 e. The predicted octanol–water partition coefficient (Wildman–Crippen LogP) is 0.930. The summed E-state index contributed by atoms with van der Waals surface area (Å²) in [4.78, 5) is 10.0. The first-order chi connectivity index (χ1) is 8.88. The van der Waals surface area contributed by atoms with Gasteiger partial charge >= 0.3 is 5.69 Å². The Labute approximate surface area is 111 Å². The van der Waals surface area contributed by atoms with Crippen LogP contribution in [0.25, 0.3) is 0 Å². The van der Waals surface area contributed by atoms with Crippen molar-refractivity contribution in [3.8, 4) is 0 Å². The number of nitrogens with zero attached hydrogens (tertiary/aromatic N) is 3. The van der Waals surface area contributed by atoms with Crippen molar-refractivity contribution >= 4 is 5.69 Å². The first-order valence-corrected chi connectivity index (χ1v) is 6.48. The van der Waals surface area contributed by atoms with Crippen LogP contribution in [0.3, 0.4) is 0 Å². The predicted molar refractivity (Wildman–Crippen MR) is 69.7 cm³/mol. The average molecular weight is 268 g/mol. The second-order valence-electron chi connectivity index (χ2n) is 5.71. The molecule has 1 unspecified atom stereocenters. The molecule has 1 aliphatic rings. The number of hydrogen-bond acceptors (Lipinski definition) is 5. The zero-order chi connectivity index (χ0) is 14.0. The lowest BCUT2D eigenvalue weighted by Crippen LogP contribution is -2.45. The molecule has 0 aliphatic heterocycles. The van der Waals surface area contributed by atoms with Crippen LogP contribution >= 0.6 is 0 Å². The van der Waals surface area contributed by atoms with Gasteiger partial charge in [-0.25, -0.2) is 0 Å². The number of aliphatic hydroxyl groups is 1. The molecule has 1 aromatic heterocycles. The van der Waals surface area contributed by atoms with Gasteiger partial charge in [-0.3, -0.25) is 14.8 Å². The van der Waals surface area contributed by atoms with Crippen molar-refractivity contribution in [3.05, 3.63) is 22.5 Å². The lowest BCUT2D eigenvalue weighted by Gasteiger charge is -2.27. The van der Waals surface area contributed by atoms with Gasteiger partial charge in [-0.05, 0) is 32.6 Å². The SMILES string of the molecule is CC(C)(NCC(O)Cn1cc([N+](=O)[O-])cn1)C1CC1. The van der Waals surface area contributed by atoms with Crippen LogP contribution < -0.4 is 5.32 Å². The monoisotopic (exact) mass is 268 g/mol. The molecule has 1 saturated carbocycles. The van der Waals surface area contributed by atoms with Crippen LogP contribution in [0.1, 0.15) is 26.7 Å². The Morgan fingerprint density at radius 1 is 1.68 bits per heavy atom. The third-order valence-corrected chi connectivity index (χ3v) is 3.62. The molecule has 1 heterocycles. The molecule has 0 radical (unpaired) electrons. The number of hydrogen-bond donors (Lipinski definition) is 2. The fourth-order valence-electron chi connectivity index (χ4n) is 2.16. The molecular weight excluding hydrogens is 248 g/mol. The Hall–Kier alpha value is -1.47. The molecule has 1 fully saturated rings. The summed E-state index contributed by atoms with van der Waals surface area (Å²) >= 11 is 0. The van der Waals surface area contributed by atoms with E-state index >= 15 is 0 Å². The first-order valence-electron chi connectivity index (χ1n) is 6.48. The van der Waals surface area contributed by atoms with Crippen LogP contribution in [0.5, 0.6) is 0 Å². The van der Waals surface area contributed by atoms with E-state index in [-0.39, 0.29) is 17.8 Å². The van der Waals surface area contributed by atoms with Crippen molar-refractivity contribution in [2.45, 2.75) is 44.9 Å². The molecule has 0 bridgehead atoms. The maximum atomic E-state index is 10.5. The van der Waals surface area contributed by atoms with Crippen molar-refractivity contribution in [1.82, 2.24) is 15.1 Å². The molecule has 7 heteroatoms. The van der Waals surface area contributed by atoms with E-state index in [1.165, 1.54) is 29.9 Å². The maximum Gasteiger partial charge on any atom is 0.306 e. The molecule has 0 amide bonds. The topological polar surface area (TPSA) is 93.2 Å². The molecule has 1 aromatic rings. The van der Waals surface area contributed by atoms with Crippen LogP contribution in [-0.2, 0) is 6.54 Å². The molecule has 106 valence electrons. The third kappa shape index (κ3) is 3.74. The molecule has 19 heavy (non-hydrogen) atoms. The minimum atomic E-state index is -0.613. The second kappa shape index (κ2) is 5.26. The highest BCUT2D eigenvalue weighted by molar-refractivity contribution is 5.20. The first kappa shape index (κ1) is 14.0. The molecule has 2 N–H and O–H groups in total. The van der Waals surface area contributed by atoms with Crippen LogP contribution in [0.15, 0.2) is 12.4 Å². The van der Waals surface area contributed by atoms with Gasteiger partial charge in [0.25, 0.3) is 0 Å². The average Bonchev–Trinajstić information content (AvgIpc) is 3.09. The third-order valence-electron chi connectivity index (χ3n) is 3.62. The summed E-state index contributed by atoms with van der Waals surface area (Å²) in [6, 6.07) is 0. The molecule has 0 saturated heterocycles. The van der Waals surface area contributed by atoms with Crippen LogP contribution in [0.2, 0.25) is 0 Å². The summed E-state index contributed by atoms with van der Waals surface area (Å²) < 4.78 is 1.40. The highest BCUT2D eigenvalue weighted by Crippen LogP contribution is 2.39. The Bertz CT molecular complexity index is 454. The number of aliphatic hydroxyl groups excluding tert-OH is 1. The van der Waals surface area contributed by atoms with Gasteiger partial charge in [-0.2, -0.15) is 5.10 Å². The fourth-order valence-corrected chi connectivity index (χ4v) is 2.16. The van der Waals surface area contributed by atoms with Gasteiger partial charge in [-0.1, -0.05) is 0 Å². The van der Waals surface area contributed by atoms with Gasteiger partial charge in [0.1, 0.15) is 12.4 Å². The van der Waals surface area contributed by atoms with Crippen molar-refractivity contribution in [1.29, 1.82) is 0 Å². The van der Waals surface area contributed by atoms with Gasteiger partial charge < -0.3 is 10.4 Å². The van der Waals surface area contributed by atoms with Crippen LogP contribution in [0, 0.1) is 16.0 Å². The van der Waals surface area contributed by atoms with E-state index in [1.807, 2.05) is 0 Å². The second-order valence-corrected chi connectivity index (χ2v) is 5.71. The zero-order valence-corrected chi connectivity index (χ0v) is 11.2. The smallest absolute Gasteiger partial charge is 0.306 e. The number of β-amino-alcohol motifs (C(OH)–C–C–N with tert-alkyl or cyclic N) is 1. The number of nitrogens with one attached hydrogen (secondary N) is 1. The normalized spacial score (nSPS) is 17.4. The van der Waals surface area contributed by atoms with Crippen molar-refractivity contribution in [2.24, 2.45) is 5.92 Å². The number of aromatic nitrogens is 2. The zero-order valence-electron chi connectivity index (χ0n) is 11.2. The number of nitro groups is 1. The fraction of sp³-hybridized carbons (Fsp3) is 0.750. The van der Waals surface area contributed by atoms with E-state index in [9.17, 15) is 15.2 Å². The Morgan fingerprint density at radius 3 is 2.89 bits per heavy atom. The lowest BCUT2D eigenvalue weighted by atomic mass is 9.98. The maximum absolute atomic E-state index is 10.5. The summed E-state index contributed by atoms with van der Waals surface area (Å²) in [6.45, 7) is 4.98. The molecule has 0 spiro atoms. The summed E-state index contributed by atoms with van der Waals surface area (Å²) in [5.41, 5.74) is -0.0182. The molecule has 1 aliphatic carbocycles. The van der Waals surface area contributed by atoms with Crippen LogP contribution in [0.4, 0.5) is 5.69 Å². The van der Waals surface area contributed by atoms with E-state index in [4.69, 9.17) is 0 Å². The quantitative estimate of drug-likeness (QED) is 0.567. The Morgan fingerprint density at radius 2 is 2.37 bits per heavy atom. The summed E-state index contributed by atoms with van der Waals surface area (Å²) in [5.74, 6) is 0.686. The highest BCUT2D eigenvalue weighted by Gasteiger charge is 2.37. The van der Waals surface area contributed by atoms with Crippen molar-refractivity contribution in [3.63, 3.8) is 0 Å². The van der Waals surface area contributed by atoms with E-state index < -0.39 is 11.0 Å². The molecule has 7 nitrogen and oxygen atoms in total. The Balaban J connectivity index is 1.80. The van der Waals surface area contributed by atoms with Gasteiger partial charge in [0, 0.05) is 12.1 Å². The minimum absolute atomic E-state index is 0.0388. The molecule has 0 aromatic carbocycles. The van der Waals surface area contributed by atoms with E-state index in [2.05, 4.69) is 24.3 Å². The van der Waals surface area contributed by atoms with Crippen molar-refractivity contribution < 1.29 is 10.0 Å². The minimum Gasteiger partial charge on any atom is -0.390 e. The lowest BCUT2D eigenvalue weighted by molar-refractivity contribution is -0.385. The van der Waals surface area contributed by atoms with Gasteiger partial charge in [0.15, 0.2) is 0 Å².